The van der Waals surface area contributed by atoms with E-state index < -0.39 is 0 Å². The van der Waals surface area contributed by atoms with Crippen molar-refractivity contribution < 1.29 is 0 Å². The van der Waals surface area contributed by atoms with Gasteiger partial charge in [0.05, 0.1) is 5.69 Å². The molecule has 0 aromatic carbocycles. The molecular weight excluding hydrogens is 145 g/mol. The lowest BCUT2D eigenvalue weighted by Crippen LogP contribution is -1.99. The monoisotopic (exact) mass is 155 g/mol. The topological polar surface area (TPSA) is 50.9 Å². The number of nitrogens with zero attached hydrogens (tertiary/aromatic N) is 1. The van der Waals surface area contributed by atoms with Crippen LogP contribution >= 0.6 is 9.39 Å². The Kier molecular flexibility index (Phi) is 2.60. The highest BCUT2D eigenvalue weighted by Gasteiger charge is 1.90. The van der Waals surface area contributed by atoms with Gasteiger partial charge in [-0.15, -0.1) is 0 Å². The molecule has 0 fully saturated rings. The number of rotatable bonds is 2. The zero-order valence-electron chi connectivity index (χ0n) is 5.54. The molecule has 10 heavy (non-hydrogen) atoms. The first-order valence-corrected chi connectivity index (χ1v) is 3.57. The summed E-state index contributed by atoms with van der Waals surface area (Å²) in [6, 6.07) is 5.69. The maximum atomic E-state index is 5.38. The summed E-state index contributed by atoms with van der Waals surface area (Å²) in [4.78, 5) is 4.15. The molecule has 1 unspecified atom stereocenters. The van der Waals surface area contributed by atoms with Gasteiger partial charge in [-0.2, -0.15) is 0 Å². The Hall–Kier alpha value is -0.660. The predicted molar refractivity (Wildman–Crippen MR) is 45.5 cm³/mol. The molecule has 1 aromatic heterocycles. The number of nitrogens with two attached hydrogens (primary N) is 1. The summed E-state index contributed by atoms with van der Waals surface area (Å²) in [6.07, 6.45) is 0. The van der Waals surface area contributed by atoms with Gasteiger partial charge in [0.1, 0.15) is 5.82 Å². The van der Waals surface area contributed by atoms with Crippen LogP contribution in [0.2, 0.25) is 0 Å². The van der Waals surface area contributed by atoms with Gasteiger partial charge >= 0.3 is 0 Å². The van der Waals surface area contributed by atoms with Crippen molar-refractivity contribution in [2.45, 2.75) is 6.54 Å². The summed E-state index contributed by atoms with van der Waals surface area (Å²) in [6.45, 7) is 0.486. The summed E-state index contributed by atoms with van der Waals surface area (Å²) in [5.41, 5.74) is 6.27. The first-order chi connectivity index (χ1) is 4.86. The first kappa shape index (κ1) is 7.45. The molecule has 54 valence electrons. The average Bonchev–Trinajstić information content (AvgIpc) is 2.05. The van der Waals surface area contributed by atoms with Crippen molar-refractivity contribution >= 4 is 15.2 Å². The molecule has 1 rings (SSSR count). The molecule has 0 spiro atoms. The van der Waals surface area contributed by atoms with Crippen molar-refractivity contribution in [3.8, 4) is 0 Å². The van der Waals surface area contributed by atoms with E-state index in [-0.39, 0.29) is 0 Å². The van der Waals surface area contributed by atoms with E-state index >= 15 is 0 Å². The Morgan fingerprint density at radius 2 is 2.40 bits per heavy atom. The minimum Gasteiger partial charge on any atom is -0.355 e. The minimum absolute atomic E-state index is 0.486. The molecule has 0 aliphatic rings. The standard InChI is InChI=1S/C6H10N3P/c7-4-5-2-1-3-6(8-5)9-10/h1-3H,4,7,10H2,(H,8,9). The lowest BCUT2D eigenvalue weighted by Gasteiger charge is -1.99. The lowest BCUT2D eigenvalue weighted by atomic mass is 10.3. The third kappa shape index (κ3) is 1.66. The molecule has 1 heterocycles. The molecule has 4 heteroatoms. The number of pyridine rings is 1. The largest absolute Gasteiger partial charge is 0.355 e. The Morgan fingerprint density at radius 1 is 1.60 bits per heavy atom. The van der Waals surface area contributed by atoms with Gasteiger partial charge in [0.15, 0.2) is 0 Å². The zero-order valence-corrected chi connectivity index (χ0v) is 6.70. The van der Waals surface area contributed by atoms with E-state index in [0.717, 1.165) is 11.5 Å². The quantitative estimate of drug-likeness (QED) is 0.619. The summed E-state index contributed by atoms with van der Waals surface area (Å²) < 4.78 is 0. The van der Waals surface area contributed by atoms with E-state index in [4.69, 9.17) is 5.73 Å². The van der Waals surface area contributed by atoms with Gasteiger partial charge in [-0.05, 0) is 21.5 Å². The van der Waals surface area contributed by atoms with Crippen LogP contribution in [0.25, 0.3) is 0 Å². The highest BCUT2D eigenvalue weighted by atomic mass is 31.0. The second-order valence-electron chi connectivity index (χ2n) is 1.86. The van der Waals surface area contributed by atoms with Gasteiger partial charge in [0.25, 0.3) is 0 Å². The molecule has 0 saturated heterocycles. The molecule has 0 radical (unpaired) electrons. The highest BCUT2D eigenvalue weighted by molar-refractivity contribution is 7.18. The first-order valence-electron chi connectivity index (χ1n) is 2.99. The van der Waals surface area contributed by atoms with Crippen LogP contribution in [0, 0.1) is 0 Å². The minimum atomic E-state index is 0.486. The van der Waals surface area contributed by atoms with E-state index in [1.54, 1.807) is 0 Å². The lowest BCUT2D eigenvalue weighted by molar-refractivity contribution is 0.995. The van der Waals surface area contributed by atoms with Crippen LogP contribution in [-0.2, 0) is 6.54 Å². The molecule has 3 N–H and O–H groups in total. The summed E-state index contributed by atoms with van der Waals surface area (Å²) in [5, 5.41) is 2.85. The van der Waals surface area contributed by atoms with Crippen molar-refractivity contribution in [1.29, 1.82) is 0 Å². The second-order valence-corrected chi connectivity index (χ2v) is 2.15. The van der Waals surface area contributed by atoms with E-state index in [1.807, 2.05) is 18.2 Å². The zero-order chi connectivity index (χ0) is 7.40. The molecule has 3 nitrogen and oxygen atoms in total. The Labute approximate surface area is 62.3 Å². The highest BCUT2D eigenvalue weighted by Crippen LogP contribution is 2.05. The Bertz CT molecular complexity index is 195. The predicted octanol–water partition coefficient (Wildman–Crippen LogP) is 0.742. The fourth-order valence-electron chi connectivity index (χ4n) is 0.674. The van der Waals surface area contributed by atoms with Gasteiger partial charge < -0.3 is 10.8 Å². The van der Waals surface area contributed by atoms with Crippen LogP contribution in [0.3, 0.4) is 0 Å². The van der Waals surface area contributed by atoms with Crippen molar-refractivity contribution in [1.82, 2.24) is 4.98 Å². The maximum Gasteiger partial charge on any atom is 0.129 e. The van der Waals surface area contributed by atoms with Crippen LogP contribution < -0.4 is 10.8 Å². The van der Waals surface area contributed by atoms with E-state index in [1.165, 1.54) is 0 Å². The molecule has 1 atom stereocenters. The second kappa shape index (κ2) is 3.49. The maximum absolute atomic E-state index is 5.38. The van der Waals surface area contributed by atoms with Crippen LogP contribution in [0.4, 0.5) is 5.82 Å². The number of nitrogens with one attached hydrogen (secondary N) is 1. The van der Waals surface area contributed by atoms with Gasteiger partial charge in [0.2, 0.25) is 0 Å². The molecule has 0 aliphatic heterocycles. The smallest absolute Gasteiger partial charge is 0.129 e. The van der Waals surface area contributed by atoms with Crippen molar-refractivity contribution in [3.05, 3.63) is 23.9 Å². The third-order valence-corrected chi connectivity index (χ3v) is 1.46. The number of aromatic nitrogens is 1. The summed E-state index contributed by atoms with van der Waals surface area (Å²) in [5.74, 6) is 0.827. The van der Waals surface area contributed by atoms with Gasteiger partial charge in [-0.1, -0.05) is 6.07 Å². The Balaban J connectivity index is 2.87. The molecule has 0 aliphatic carbocycles. The molecular formula is C6H10N3P. The van der Waals surface area contributed by atoms with Crippen LogP contribution in [0.5, 0.6) is 0 Å². The number of hydrogen-bond acceptors (Lipinski definition) is 3. The Morgan fingerprint density at radius 3 is 3.00 bits per heavy atom. The van der Waals surface area contributed by atoms with Crippen molar-refractivity contribution in [2.75, 3.05) is 5.09 Å². The molecule has 0 saturated carbocycles. The van der Waals surface area contributed by atoms with Crippen LogP contribution in [0.15, 0.2) is 18.2 Å². The van der Waals surface area contributed by atoms with Crippen molar-refractivity contribution in [3.63, 3.8) is 0 Å². The number of anilines is 1. The summed E-state index contributed by atoms with van der Waals surface area (Å²) in [7, 11) is 2.38. The van der Waals surface area contributed by atoms with E-state index in [0.29, 0.717) is 6.54 Å². The van der Waals surface area contributed by atoms with Gasteiger partial charge in [0, 0.05) is 6.54 Å². The third-order valence-electron chi connectivity index (χ3n) is 1.16. The molecule has 1 aromatic rings. The normalized spacial score (nSPS) is 9.40. The van der Waals surface area contributed by atoms with E-state index in [2.05, 4.69) is 19.5 Å². The van der Waals surface area contributed by atoms with Crippen LogP contribution in [-0.4, -0.2) is 4.98 Å². The SMILES string of the molecule is NCc1cccc(NP)n1. The average molecular weight is 155 g/mol. The van der Waals surface area contributed by atoms with Crippen molar-refractivity contribution in [2.24, 2.45) is 5.73 Å². The fraction of sp³-hybridized carbons (Fsp3) is 0.167. The molecule has 0 bridgehead atoms. The number of hydrogen-bond donors (Lipinski definition) is 2. The van der Waals surface area contributed by atoms with E-state index in [9.17, 15) is 0 Å². The fourth-order valence-corrected chi connectivity index (χ4v) is 0.834. The van der Waals surface area contributed by atoms with Gasteiger partial charge in [-0.25, -0.2) is 4.98 Å². The molecule has 0 amide bonds. The summed E-state index contributed by atoms with van der Waals surface area (Å²) >= 11 is 0. The van der Waals surface area contributed by atoms with Gasteiger partial charge in [-0.3, -0.25) is 0 Å². The van der Waals surface area contributed by atoms with Crippen LogP contribution in [0.1, 0.15) is 5.69 Å².